The molecule has 4 N–H and O–H groups in total. The lowest BCUT2D eigenvalue weighted by Gasteiger charge is -2.11. The Morgan fingerprint density at radius 3 is 3.00 bits per heavy atom. The third-order valence-electron chi connectivity index (χ3n) is 3.84. The Labute approximate surface area is 140 Å². The van der Waals surface area contributed by atoms with Crippen molar-refractivity contribution in [2.45, 2.75) is 19.8 Å². The van der Waals surface area contributed by atoms with Crippen LogP contribution < -0.4 is 11.1 Å². The van der Waals surface area contributed by atoms with Gasteiger partial charge in [0.15, 0.2) is 0 Å². The van der Waals surface area contributed by atoms with Gasteiger partial charge in [-0.05, 0) is 38.4 Å². The van der Waals surface area contributed by atoms with Crippen molar-refractivity contribution in [2.75, 3.05) is 31.6 Å². The predicted molar refractivity (Wildman–Crippen MR) is 93.3 cm³/mol. The molecule has 1 aromatic carbocycles. The van der Waals surface area contributed by atoms with E-state index >= 15 is 0 Å². The number of nitrogens with two attached hydrogens (primary N) is 1. The molecule has 0 saturated carbocycles. The highest BCUT2D eigenvalue weighted by Crippen LogP contribution is 2.26. The highest BCUT2D eigenvalue weighted by Gasteiger charge is 2.09. The first kappa shape index (κ1) is 16.4. The second kappa shape index (κ2) is 7.89. The van der Waals surface area contributed by atoms with Crippen LogP contribution in [0.2, 0.25) is 0 Å². The maximum Gasteiger partial charge on any atom is 0.134 e. The van der Waals surface area contributed by atoms with E-state index in [1.807, 2.05) is 23.8 Å². The number of rotatable bonds is 9. The Bertz CT molecular complexity index is 780. The molecule has 128 valence electrons. The molecule has 0 aliphatic heterocycles. The Morgan fingerprint density at radius 1 is 1.29 bits per heavy atom. The van der Waals surface area contributed by atoms with Crippen LogP contribution in [0.3, 0.4) is 0 Å². The largest absolute Gasteiger partial charge is 0.382 e. The van der Waals surface area contributed by atoms with Gasteiger partial charge in [-0.15, -0.1) is 10.2 Å². The number of fused-ring (bicyclic) bond motifs is 1. The van der Waals surface area contributed by atoms with Gasteiger partial charge in [0.25, 0.3) is 0 Å². The van der Waals surface area contributed by atoms with Crippen LogP contribution in [0.1, 0.15) is 18.7 Å². The molecule has 0 saturated heterocycles. The third kappa shape index (κ3) is 3.72. The molecule has 2 aromatic heterocycles. The maximum atomic E-state index is 5.61. The first-order valence-corrected chi connectivity index (χ1v) is 8.15. The van der Waals surface area contributed by atoms with Gasteiger partial charge in [0.05, 0.1) is 24.0 Å². The van der Waals surface area contributed by atoms with Crippen molar-refractivity contribution in [2.24, 2.45) is 5.73 Å². The van der Waals surface area contributed by atoms with E-state index in [0.29, 0.717) is 6.61 Å². The molecule has 24 heavy (non-hydrogen) atoms. The van der Waals surface area contributed by atoms with E-state index in [0.717, 1.165) is 60.6 Å². The number of nitrogens with one attached hydrogen (secondary N) is 2. The topological polar surface area (TPSA) is 107 Å². The molecule has 2 heterocycles. The maximum absolute atomic E-state index is 5.61. The number of aryl methyl sites for hydroxylation is 1. The minimum absolute atomic E-state index is 0.653. The van der Waals surface area contributed by atoms with E-state index in [1.165, 1.54) is 0 Å². The van der Waals surface area contributed by atoms with E-state index in [4.69, 9.17) is 10.5 Å². The zero-order valence-electron chi connectivity index (χ0n) is 13.8. The van der Waals surface area contributed by atoms with Gasteiger partial charge < -0.3 is 15.8 Å². The minimum atomic E-state index is 0.653. The second-order valence-electron chi connectivity index (χ2n) is 5.61. The highest BCUT2D eigenvalue weighted by atomic mass is 16.5. The smallest absolute Gasteiger partial charge is 0.134 e. The fraction of sp³-hybridized carbons (Fsp3) is 0.438. The monoisotopic (exact) mass is 329 g/mol. The first-order chi connectivity index (χ1) is 11.8. The lowest BCUT2D eigenvalue weighted by atomic mass is 10.2. The van der Waals surface area contributed by atoms with Crippen LogP contribution in [0, 0.1) is 6.92 Å². The summed E-state index contributed by atoms with van der Waals surface area (Å²) in [5.41, 5.74) is 8.43. The summed E-state index contributed by atoms with van der Waals surface area (Å²) in [6.45, 7) is 4.77. The van der Waals surface area contributed by atoms with Crippen LogP contribution in [0.5, 0.6) is 0 Å². The first-order valence-electron chi connectivity index (χ1n) is 8.15. The van der Waals surface area contributed by atoms with Gasteiger partial charge in [-0.3, -0.25) is 9.67 Å². The van der Waals surface area contributed by atoms with Gasteiger partial charge in [-0.25, -0.2) is 0 Å². The number of hydrogen-bond acceptors (Lipinski definition) is 6. The van der Waals surface area contributed by atoms with Gasteiger partial charge in [-0.1, -0.05) is 0 Å². The summed E-state index contributed by atoms with van der Waals surface area (Å²) >= 11 is 0. The van der Waals surface area contributed by atoms with Crippen LogP contribution in [0.25, 0.3) is 16.6 Å². The zero-order valence-corrected chi connectivity index (χ0v) is 13.8. The molecule has 0 unspecified atom stereocenters. The molecule has 0 bridgehead atoms. The number of benzene rings is 1. The molecule has 0 radical (unpaired) electrons. The van der Waals surface area contributed by atoms with Crippen molar-refractivity contribution < 1.29 is 4.74 Å². The van der Waals surface area contributed by atoms with E-state index < -0.39 is 0 Å². The molecule has 3 rings (SSSR count). The number of aromatic amines is 1. The Balaban J connectivity index is 1.68. The molecule has 8 nitrogen and oxygen atoms in total. The standard InChI is InChI=1S/C16H23N7O/c1-12-21-20-11-23(12)13-8-15(14-10-19-22-16(14)9-13)18-5-7-24-6-3-2-4-17/h8-11,18H,2-7,17H2,1H3,(H,19,22). The van der Waals surface area contributed by atoms with Crippen LogP contribution in [0.4, 0.5) is 5.69 Å². The Kier molecular flexibility index (Phi) is 5.39. The van der Waals surface area contributed by atoms with Gasteiger partial charge in [0.1, 0.15) is 12.2 Å². The molecular formula is C16H23N7O. The third-order valence-corrected chi connectivity index (χ3v) is 3.84. The van der Waals surface area contributed by atoms with Gasteiger partial charge >= 0.3 is 0 Å². The van der Waals surface area contributed by atoms with Crippen molar-refractivity contribution in [3.63, 3.8) is 0 Å². The molecule has 0 fully saturated rings. The fourth-order valence-electron chi connectivity index (χ4n) is 2.58. The van der Waals surface area contributed by atoms with E-state index in [-0.39, 0.29) is 0 Å². The lowest BCUT2D eigenvalue weighted by molar-refractivity contribution is 0.140. The molecule has 0 aliphatic carbocycles. The SMILES string of the molecule is Cc1nncn1-c1cc(NCCOCCCCN)c2cn[nH]c2c1. The van der Waals surface area contributed by atoms with Gasteiger partial charge in [-0.2, -0.15) is 5.10 Å². The number of nitrogens with zero attached hydrogens (tertiary/aromatic N) is 4. The summed E-state index contributed by atoms with van der Waals surface area (Å²) in [7, 11) is 0. The average molecular weight is 329 g/mol. The molecule has 0 spiro atoms. The summed E-state index contributed by atoms with van der Waals surface area (Å²) in [5.74, 6) is 0.836. The minimum Gasteiger partial charge on any atom is -0.382 e. The van der Waals surface area contributed by atoms with Crippen molar-refractivity contribution >= 4 is 16.6 Å². The normalized spacial score (nSPS) is 11.2. The number of unbranched alkanes of at least 4 members (excludes halogenated alkanes) is 1. The fourth-order valence-corrected chi connectivity index (χ4v) is 2.58. The van der Waals surface area contributed by atoms with Crippen LogP contribution in [-0.4, -0.2) is 51.3 Å². The van der Waals surface area contributed by atoms with E-state index in [1.54, 1.807) is 6.33 Å². The van der Waals surface area contributed by atoms with Gasteiger partial charge in [0.2, 0.25) is 0 Å². The average Bonchev–Trinajstić information content (AvgIpc) is 3.22. The van der Waals surface area contributed by atoms with Crippen molar-refractivity contribution in [3.8, 4) is 5.69 Å². The number of aromatic nitrogens is 5. The molecule has 8 heteroatoms. The summed E-state index contributed by atoms with van der Waals surface area (Å²) in [6, 6.07) is 4.11. The van der Waals surface area contributed by atoms with Crippen LogP contribution in [0.15, 0.2) is 24.7 Å². The van der Waals surface area contributed by atoms with Crippen molar-refractivity contribution in [1.29, 1.82) is 0 Å². The Morgan fingerprint density at radius 2 is 2.21 bits per heavy atom. The lowest BCUT2D eigenvalue weighted by Crippen LogP contribution is -2.11. The van der Waals surface area contributed by atoms with Crippen molar-refractivity contribution in [1.82, 2.24) is 25.0 Å². The molecule has 0 amide bonds. The predicted octanol–water partition coefficient (Wildman–Crippen LogP) is 1.62. The number of H-pyrrole nitrogens is 1. The molecule has 0 atom stereocenters. The second-order valence-corrected chi connectivity index (χ2v) is 5.61. The summed E-state index contributed by atoms with van der Waals surface area (Å²) in [4.78, 5) is 0. The van der Waals surface area contributed by atoms with E-state index in [2.05, 4.69) is 31.8 Å². The Hall–Kier alpha value is -2.45. The number of anilines is 1. The quantitative estimate of drug-likeness (QED) is 0.515. The highest BCUT2D eigenvalue weighted by molar-refractivity contribution is 5.93. The molecule has 3 aromatic rings. The van der Waals surface area contributed by atoms with E-state index in [9.17, 15) is 0 Å². The zero-order chi connectivity index (χ0) is 16.8. The molecule has 0 aliphatic rings. The van der Waals surface area contributed by atoms with Crippen molar-refractivity contribution in [3.05, 3.63) is 30.5 Å². The number of hydrogen-bond donors (Lipinski definition) is 3. The summed E-state index contributed by atoms with van der Waals surface area (Å²) in [6.07, 6.45) is 5.54. The van der Waals surface area contributed by atoms with Crippen LogP contribution >= 0.6 is 0 Å². The molecular weight excluding hydrogens is 306 g/mol. The summed E-state index contributed by atoms with van der Waals surface area (Å²) < 4.78 is 7.55. The van der Waals surface area contributed by atoms with Gasteiger partial charge in [0, 0.05) is 24.2 Å². The summed E-state index contributed by atoms with van der Waals surface area (Å²) in [5, 5.41) is 19.6. The van der Waals surface area contributed by atoms with Crippen LogP contribution in [-0.2, 0) is 4.74 Å². The number of ether oxygens (including phenoxy) is 1.